The van der Waals surface area contributed by atoms with Gasteiger partial charge in [-0.05, 0) is 36.7 Å². The first-order chi connectivity index (χ1) is 8.19. The number of rotatable bonds is 7. The lowest BCUT2D eigenvalue weighted by Gasteiger charge is -2.07. The molecule has 1 aromatic rings. The van der Waals surface area contributed by atoms with Crippen LogP contribution >= 0.6 is 27.5 Å². The van der Waals surface area contributed by atoms with Crippen LogP contribution in [-0.2, 0) is 6.42 Å². The van der Waals surface area contributed by atoms with E-state index in [-0.39, 0.29) is 5.91 Å². The average Bonchev–Trinajstić information content (AvgIpc) is 2.82. The van der Waals surface area contributed by atoms with Gasteiger partial charge in [0.1, 0.15) is 4.88 Å². The van der Waals surface area contributed by atoms with E-state index in [4.69, 9.17) is 0 Å². The van der Waals surface area contributed by atoms with E-state index in [1.54, 1.807) is 0 Å². The molecule has 0 aliphatic heterocycles. The first-order valence-electron chi connectivity index (χ1n) is 5.84. The number of nitrogens with zero attached hydrogens (tertiary/aromatic N) is 2. The fraction of sp³-hybridized carbons (Fsp3) is 0.727. The third kappa shape index (κ3) is 4.71. The van der Waals surface area contributed by atoms with Gasteiger partial charge in [0, 0.05) is 11.9 Å². The summed E-state index contributed by atoms with van der Waals surface area (Å²) < 4.78 is 3.81. The van der Waals surface area contributed by atoms with Crippen molar-refractivity contribution in [3.05, 3.63) is 10.6 Å². The molecule has 0 fully saturated rings. The molecular formula is C11H18BrN3OS. The predicted molar refractivity (Wildman–Crippen MR) is 73.8 cm³/mol. The van der Waals surface area contributed by atoms with E-state index in [0.717, 1.165) is 36.8 Å². The Hall–Kier alpha value is -0.490. The Labute approximate surface area is 114 Å². The van der Waals surface area contributed by atoms with Gasteiger partial charge in [0.05, 0.1) is 5.69 Å². The molecular weight excluding hydrogens is 302 g/mol. The van der Waals surface area contributed by atoms with Gasteiger partial charge in [-0.2, -0.15) is 0 Å². The van der Waals surface area contributed by atoms with Crippen LogP contribution in [0.4, 0.5) is 0 Å². The van der Waals surface area contributed by atoms with Crippen LogP contribution in [0.25, 0.3) is 0 Å². The zero-order valence-electron chi connectivity index (χ0n) is 10.2. The smallest absolute Gasteiger partial charge is 0.264 e. The van der Waals surface area contributed by atoms with Crippen LogP contribution in [0.5, 0.6) is 0 Å². The summed E-state index contributed by atoms with van der Waals surface area (Å²) in [5.41, 5.74) is 0.793. The molecule has 0 radical (unpaired) electrons. The highest BCUT2D eigenvalue weighted by Gasteiger charge is 2.14. The Morgan fingerprint density at radius 3 is 3.00 bits per heavy atom. The molecule has 1 unspecified atom stereocenters. The molecule has 1 rings (SSSR count). The molecule has 4 nitrogen and oxygen atoms in total. The third-order valence-corrected chi connectivity index (χ3v) is 4.39. The maximum Gasteiger partial charge on any atom is 0.264 e. The average molecular weight is 320 g/mol. The third-order valence-electron chi connectivity index (χ3n) is 2.52. The van der Waals surface area contributed by atoms with Crippen molar-refractivity contribution in [2.45, 2.75) is 33.1 Å². The number of hydrogen-bond donors (Lipinski definition) is 1. The minimum Gasteiger partial charge on any atom is -0.351 e. The second kappa shape index (κ2) is 7.76. The van der Waals surface area contributed by atoms with E-state index < -0.39 is 0 Å². The van der Waals surface area contributed by atoms with Gasteiger partial charge in [0.2, 0.25) is 0 Å². The summed E-state index contributed by atoms with van der Waals surface area (Å²) in [7, 11) is 0. The Bertz CT molecular complexity index is 356. The number of aromatic nitrogens is 2. The molecule has 0 saturated carbocycles. The van der Waals surface area contributed by atoms with Gasteiger partial charge in [-0.25, -0.2) is 0 Å². The van der Waals surface area contributed by atoms with Crippen LogP contribution in [0.2, 0.25) is 0 Å². The van der Waals surface area contributed by atoms with Crippen LogP contribution in [0.3, 0.4) is 0 Å². The van der Waals surface area contributed by atoms with Crippen molar-refractivity contribution in [2.24, 2.45) is 5.92 Å². The normalized spacial score (nSPS) is 12.4. The number of carbonyl (C=O) groups is 1. The van der Waals surface area contributed by atoms with E-state index in [9.17, 15) is 4.79 Å². The van der Waals surface area contributed by atoms with Gasteiger partial charge < -0.3 is 5.32 Å². The van der Waals surface area contributed by atoms with E-state index in [1.165, 1.54) is 11.5 Å². The molecule has 6 heteroatoms. The zero-order chi connectivity index (χ0) is 12.7. The molecule has 1 atom stereocenters. The Morgan fingerprint density at radius 1 is 1.59 bits per heavy atom. The van der Waals surface area contributed by atoms with Gasteiger partial charge in [-0.1, -0.05) is 34.3 Å². The van der Waals surface area contributed by atoms with E-state index in [2.05, 4.69) is 37.8 Å². The topological polar surface area (TPSA) is 54.9 Å². The second-order valence-electron chi connectivity index (χ2n) is 4.06. The molecule has 1 aromatic heterocycles. The lowest BCUT2D eigenvalue weighted by atomic mass is 10.1. The highest BCUT2D eigenvalue weighted by atomic mass is 79.9. The summed E-state index contributed by atoms with van der Waals surface area (Å²) in [4.78, 5) is 12.5. The summed E-state index contributed by atoms with van der Waals surface area (Å²) in [6.07, 6.45) is 2.87. The highest BCUT2D eigenvalue weighted by Crippen LogP contribution is 2.11. The first-order valence-corrected chi connectivity index (χ1v) is 7.73. The van der Waals surface area contributed by atoms with Crippen molar-refractivity contribution in [1.29, 1.82) is 0 Å². The van der Waals surface area contributed by atoms with Crippen LogP contribution in [0.1, 0.15) is 42.1 Å². The minimum atomic E-state index is -0.0386. The maximum atomic E-state index is 11.8. The zero-order valence-corrected chi connectivity index (χ0v) is 12.6. The van der Waals surface area contributed by atoms with Gasteiger partial charge in [0.25, 0.3) is 5.91 Å². The predicted octanol–water partition coefficient (Wildman–Crippen LogP) is 2.64. The molecule has 17 heavy (non-hydrogen) atoms. The molecule has 0 aromatic carbocycles. The van der Waals surface area contributed by atoms with E-state index in [1.807, 2.05) is 6.92 Å². The van der Waals surface area contributed by atoms with E-state index in [0.29, 0.717) is 10.8 Å². The lowest BCUT2D eigenvalue weighted by Crippen LogP contribution is -2.24. The summed E-state index contributed by atoms with van der Waals surface area (Å²) in [6.45, 7) is 4.89. The fourth-order valence-corrected chi connectivity index (χ4v) is 2.41. The summed E-state index contributed by atoms with van der Waals surface area (Å²) in [6, 6.07) is 0. The molecule has 1 N–H and O–H groups in total. The quantitative estimate of drug-likeness (QED) is 0.621. The van der Waals surface area contributed by atoms with Crippen LogP contribution in [0, 0.1) is 5.92 Å². The number of halogens is 1. The van der Waals surface area contributed by atoms with Crippen LogP contribution < -0.4 is 5.32 Å². The molecule has 0 saturated heterocycles. The van der Waals surface area contributed by atoms with Crippen molar-refractivity contribution in [2.75, 3.05) is 11.9 Å². The molecule has 1 heterocycles. The van der Waals surface area contributed by atoms with Gasteiger partial charge >= 0.3 is 0 Å². The summed E-state index contributed by atoms with van der Waals surface area (Å²) >= 11 is 4.61. The van der Waals surface area contributed by atoms with Crippen molar-refractivity contribution in [3.8, 4) is 0 Å². The Balaban J connectivity index is 2.30. The minimum absolute atomic E-state index is 0.0386. The largest absolute Gasteiger partial charge is 0.351 e. The maximum absolute atomic E-state index is 11.8. The van der Waals surface area contributed by atoms with Gasteiger partial charge in [-0.15, -0.1) is 5.10 Å². The molecule has 0 spiro atoms. The molecule has 0 aliphatic carbocycles. The molecule has 0 bridgehead atoms. The number of alkyl halides is 1. The van der Waals surface area contributed by atoms with Crippen molar-refractivity contribution in [3.63, 3.8) is 0 Å². The van der Waals surface area contributed by atoms with Crippen molar-refractivity contribution >= 4 is 33.4 Å². The fourth-order valence-electron chi connectivity index (χ4n) is 1.42. The number of nitrogens with one attached hydrogen (secondary N) is 1. The standard InChI is InChI=1S/C11H18BrN3OS/c1-3-9-10(17-15-14-9)11(16)13-6-4-5-8(2)7-12/h8H,3-7H2,1-2H3,(H,13,16). The molecule has 1 amide bonds. The number of carbonyl (C=O) groups excluding carboxylic acids is 1. The summed E-state index contributed by atoms with van der Waals surface area (Å²) in [5, 5.41) is 7.86. The number of hydrogen-bond acceptors (Lipinski definition) is 4. The van der Waals surface area contributed by atoms with Gasteiger partial charge in [0.15, 0.2) is 0 Å². The number of amides is 1. The SMILES string of the molecule is CCc1nnsc1C(=O)NCCCC(C)CBr. The first kappa shape index (κ1) is 14.6. The van der Waals surface area contributed by atoms with E-state index >= 15 is 0 Å². The molecule has 0 aliphatic rings. The van der Waals surface area contributed by atoms with Crippen LogP contribution in [-0.4, -0.2) is 27.4 Å². The summed E-state index contributed by atoms with van der Waals surface area (Å²) in [5.74, 6) is 0.617. The monoisotopic (exact) mass is 319 g/mol. The Morgan fingerprint density at radius 2 is 2.35 bits per heavy atom. The Kier molecular flexibility index (Phi) is 6.65. The van der Waals surface area contributed by atoms with Crippen molar-refractivity contribution < 1.29 is 4.79 Å². The van der Waals surface area contributed by atoms with Crippen molar-refractivity contribution in [1.82, 2.24) is 14.9 Å². The second-order valence-corrected chi connectivity index (χ2v) is 5.46. The lowest BCUT2D eigenvalue weighted by molar-refractivity contribution is 0.0955. The molecule has 96 valence electrons. The highest BCUT2D eigenvalue weighted by molar-refractivity contribution is 9.09. The number of aryl methyl sites for hydroxylation is 1. The van der Waals surface area contributed by atoms with Crippen LogP contribution in [0.15, 0.2) is 0 Å². The van der Waals surface area contributed by atoms with Gasteiger partial charge in [-0.3, -0.25) is 4.79 Å².